The molecule has 7 heteroatoms. The highest BCUT2D eigenvalue weighted by Crippen LogP contribution is 2.45. The molecule has 1 aliphatic rings. The van der Waals surface area contributed by atoms with Crippen molar-refractivity contribution in [1.29, 1.82) is 0 Å². The van der Waals surface area contributed by atoms with Crippen LogP contribution in [0, 0.1) is 5.92 Å². The Morgan fingerprint density at radius 2 is 1.75 bits per heavy atom. The third-order valence-electron chi connectivity index (χ3n) is 5.45. The van der Waals surface area contributed by atoms with Gasteiger partial charge in [0.25, 0.3) is 0 Å². The van der Waals surface area contributed by atoms with Crippen molar-refractivity contribution in [2.75, 3.05) is 32.2 Å². The topological polar surface area (TPSA) is 90.9 Å². The molecule has 0 bridgehead atoms. The lowest BCUT2D eigenvalue weighted by atomic mass is 9.97. The van der Waals surface area contributed by atoms with Gasteiger partial charge >= 0.3 is 11.9 Å². The molecule has 32 heavy (non-hydrogen) atoms. The maximum Gasteiger partial charge on any atom is 0.306 e. The number of fused-ring (bicyclic) bond motifs is 3. The van der Waals surface area contributed by atoms with Gasteiger partial charge in [0.15, 0.2) is 0 Å². The SMILES string of the molecule is COCCCOC(=O)CC(C)C(=O)Nc1ccc2c(c1)C(COC(C)=O)c1ccccc1-2. The van der Waals surface area contributed by atoms with E-state index in [0.717, 1.165) is 22.3 Å². The first-order valence-electron chi connectivity index (χ1n) is 10.7. The Labute approximate surface area is 188 Å². The molecule has 0 heterocycles. The summed E-state index contributed by atoms with van der Waals surface area (Å²) in [4.78, 5) is 35.9. The number of hydrogen-bond donors (Lipinski definition) is 1. The maximum atomic E-state index is 12.6. The minimum atomic E-state index is -0.535. The monoisotopic (exact) mass is 439 g/mol. The second kappa shape index (κ2) is 10.9. The molecule has 3 rings (SSSR count). The van der Waals surface area contributed by atoms with Crippen LogP contribution in [0.25, 0.3) is 11.1 Å². The summed E-state index contributed by atoms with van der Waals surface area (Å²) in [5.74, 6) is -1.63. The van der Waals surface area contributed by atoms with E-state index in [9.17, 15) is 14.4 Å². The molecule has 1 amide bonds. The Morgan fingerprint density at radius 1 is 1.00 bits per heavy atom. The minimum absolute atomic E-state index is 0.00424. The summed E-state index contributed by atoms with van der Waals surface area (Å²) in [6.07, 6.45) is 0.624. The number of benzene rings is 2. The van der Waals surface area contributed by atoms with E-state index in [1.807, 2.05) is 42.5 Å². The summed E-state index contributed by atoms with van der Waals surface area (Å²) < 4.78 is 15.4. The molecule has 0 fully saturated rings. The number of hydrogen-bond acceptors (Lipinski definition) is 6. The van der Waals surface area contributed by atoms with Crippen molar-refractivity contribution in [3.05, 3.63) is 53.6 Å². The van der Waals surface area contributed by atoms with Gasteiger partial charge < -0.3 is 19.5 Å². The zero-order chi connectivity index (χ0) is 23.1. The second-order valence-electron chi connectivity index (χ2n) is 7.91. The zero-order valence-corrected chi connectivity index (χ0v) is 18.7. The summed E-state index contributed by atoms with van der Waals surface area (Å²) >= 11 is 0. The van der Waals surface area contributed by atoms with E-state index in [0.29, 0.717) is 18.7 Å². The molecule has 7 nitrogen and oxygen atoms in total. The van der Waals surface area contributed by atoms with Gasteiger partial charge in [-0.1, -0.05) is 37.3 Å². The molecule has 0 aliphatic heterocycles. The lowest BCUT2D eigenvalue weighted by Crippen LogP contribution is -2.24. The smallest absolute Gasteiger partial charge is 0.306 e. The number of carbonyl (C=O) groups excluding carboxylic acids is 3. The Kier molecular flexibility index (Phi) is 8.00. The summed E-state index contributed by atoms with van der Waals surface area (Å²) in [7, 11) is 1.59. The second-order valence-corrected chi connectivity index (χ2v) is 7.91. The molecule has 0 saturated carbocycles. The van der Waals surface area contributed by atoms with Crippen LogP contribution >= 0.6 is 0 Å². The van der Waals surface area contributed by atoms with E-state index in [2.05, 4.69) is 5.32 Å². The van der Waals surface area contributed by atoms with Gasteiger partial charge in [0.1, 0.15) is 6.61 Å². The Hall–Kier alpha value is -3.19. The highest BCUT2D eigenvalue weighted by molar-refractivity contribution is 5.95. The van der Waals surface area contributed by atoms with Gasteiger partial charge in [-0.05, 0) is 34.4 Å². The maximum absolute atomic E-state index is 12.6. The standard InChI is InChI=1S/C25H29NO6/c1-16(13-24(28)31-12-6-11-30-3)25(29)26-18-9-10-21-19-7-4-5-8-20(19)23(22(21)14-18)15-32-17(2)27/h4-5,7-10,14,16,23H,6,11-13,15H2,1-3H3,(H,26,29). The van der Waals surface area contributed by atoms with Crippen LogP contribution in [0.15, 0.2) is 42.5 Å². The van der Waals surface area contributed by atoms with Crippen molar-refractivity contribution in [3.63, 3.8) is 0 Å². The molecule has 1 N–H and O–H groups in total. The largest absolute Gasteiger partial charge is 0.466 e. The predicted octanol–water partition coefficient (Wildman–Crippen LogP) is 3.91. The Morgan fingerprint density at radius 3 is 2.50 bits per heavy atom. The van der Waals surface area contributed by atoms with Crippen LogP contribution in [0.2, 0.25) is 0 Å². The summed E-state index contributed by atoms with van der Waals surface area (Å²) in [5, 5.41) is 2.89. The summed E-state index contributed by atoms with van der Waals surface area (Å²) in [6, 6.07) is 13.7. The molecular weight excluding hydrogens is 410 g/mol. The van der Waals surface area contributed by atoms with Crippen LogP contribution in [0.5, 0.6) is 0 Å². The van der Waals surface area contributed by atoms with Crippen LogP contribution in [0.3, 0.4) is 0 Å². The average molecular weight is 440 g/mol. The van der Waals surface area contributed by atoms with Gasteiger partial charge in [0.2, 0.25) is 5.91 Å². The van der Waals surface area contributed by atoms with E-state index in [4.69, 9.17) is 14.2 Å². The number of rotatable bonds is 10. The van der Waals surface area contributed by atoms with Gasteiger partial charge in [-0.25, -0.2) is 0 Å². The third-order valence-corrected chi connectivity index (χ3v) is 5.45. The van der Waals surface area contributed by atoms with Crippen molar-refractivity contribution in [3.8, 4) is 11.1 Å². The molecule has 0 aromatic heterocycles. The van der Waals surface area contributed by atoms with Gasteiger partial charge in [-0.3, -0.25) is 14.4 Å². The first-order chi connectivity index (χ1) is 15.4. The molecular formula is C25H29NO6. The highest BCUT2D eigenvalue weighted by Gasteiger charge is 2.30. The van der Waals surface area contributed by atoms with Crippen LogP contribution in [0.1, 0.15) is 43.7 Å². The number of ether oxygens (including phenoxy) is 3. The summed E-state index contributed by atoms with van der Waals surface area (Å²) in [6.45, 7) is 4.11. The van der Waals surface area contributed by atoms with Gasteiger partial charge in [-0.2, -0.15) is 0 Å². The fraction of sp³-hybridized carbons (Fsp3) is 0.400. The Balaban J connectivity index is 1.67. The van der Waals surface area contributed by atoms with Crippen LogP contribution in [-0.2, 0) is 28.6 Å². The van der Waals surface area contributed by atoms with Gasteiger partial charge in [-0.15, -0.1) is 0 Å². The van der Waals surface area contributed by atoms with Crippen molar-refractivity contribution >= 4 is 23.5 Å². The number of carbonyl (C=O) groups is 3. The predicted molar refractivity (Wildman–Crippen MR) is 120 cm³/mol. The lowest BCUT2D eigenvalue weighted by molar-refractivity contribution is -0.146. The third kappa shape index (κ3) is 5.73. The zero-order valence-electron chi connectivity index (χ0n) is 18.7. The molecule has 2 aromatic rings. The van der Waals surface area contributed by atoms with E-state index in [1.165, 1.54) is 6.92 Å². The molecule has 2 unspecified atom stereocenters. The van der Waals surface area contributed by atoms with Crippen molar-refractivity contribution in [2.45, 2.75) is 32.6 Å². The van der Waals surface area contributed by atoms with E-state index in [-0.39, 0.29) is 37.4 Å². The van der Waals surface area contributed by atoms with Gasteiger partial charge in [0.05, 0.1) is 13.0 Å². The normalized spacial score (nSPS) is 14.8. The molecule has 2 atom stereocenters. The molecule has 0 saturated heterocycles. The van der Waals surface area contributed by atoms with Crippen LogP contribution in [0.4, 0.5) is 5.69 Å². The van der Waals surface area contributed by atoms with Crippen LogP contribution in [-0.4, -0.2) is 44.8 Å². The fourth-order valence-electron chi connectivity index (χ4n) is 3.82. The Bertz CT molecular complexity index is 986. The number of amides is 1. The van der Waals surface area contributed by atoms with E-state index >= 15 is 0 Å². The molecule has 1 aliphatic carbocycles. The number of methoxy groups -OCH3 is 1. The van der Waals surface area contributed by atoms with Gasteiger partial charge in [0, 0.05) is 44.6 Å². The summed E-state index contributed by atoms with van der Waals surface area (Å²) in [5.41, 5.74) is 4.88. The highest BCUT2D eigenvalue weighted by atomic mass is 16.5. The average Bonchev–Trinajstić information content (AvgIpc) is 3.08. The van der Waals surface area contributed by atoms with Crippen molar-refractivity contribution < 1.29 is 28.6 Å². The molecule has 0 radical (unpaired) electrons. The molecule has 2 aromatic carbocycles. The van der Waals surface area contributed by atoms with E-state index < -0.39 is 11.9 Å². The lowest BCUT2D eigenvalue weighted by Gasteiger charge is -2.16. The van der Waals surface area contributed by atoms with Crippen LogP contribution < -0.4 is 5.32 Å². The van der Waals surface area contributed by atoms with E-state index in [1.54, 1.807) is 14.0 Å². The minimum Gasteiger partial charge on any atom is -0.466 e. The first kappa shape index (κ1) is 23.5. The van der Waals surface area contributed by atoms with Crippen molar-refractivity contribution in [2.24, 2.45) is 5.92 Å². The first-order valence-corrected chi connectivity index (χ1v) is 10.7. The number of nitrogens with one attached hydrogen (secondary N) is 1. The molecule has 0 spiro atoms. The fourth-order valence-corrected chi connectivity index (χ4v) is 3.82. The number of anilines is 1. The van der Waals surface area contributed by atoms with Crippen molar-refractivity contribution in [1.82, 2.24) is 0 Å². The quantitative estimate of drug-likeness (QED) is 0.446. The molecule has 170 valence electrons. The number of esters is 2.